The molecule has 0 aromatic carbocycles. The zero-order valence-corrected chi connectivity index (χ0v) is 11.0. The standard InChI is InChI=1S/C13H24N4/c1-3-11-6-4-5-7-12(11)14-9-8-13-15-10-17(2)16-13/h10-12,14H,3-9H2,1-2H3. The molecule has 0 spiro atoms. The van der Waals surface area contributed by atoms with E-state index < -0.39 is 0 Å². The van der Waals surface area contributed by atoms with Gasteiger partial charge in [0.2, 0.25) is 0 Å². The van der Waals surface area contributed by atoms with Gasteiger partial charge in [-0.1, -0.05) is 26.2 Å². The second-order valence-corrected chi connectivity index (χ2v) is 5.10. The molecule has 2 unspecified atom stereocenters. The van der Waals surface area contributed by atoms with Crippen LogP contribution in [0.4, 0.5) is 0 Å². The van der Waals surface area contributed by atoms with E-state index in [1.54, 1.807) is 11.0 Å². The molecule has 0 saturated heterocycles. The van der Waals surface area contributed by atoms with Crippen LogP contribution in [0.3, 0.4) is 0 Å². The Labute approximate surface area is 104 Å². The maximum absolute atomic E-state index is 4.30. The van der Waals surface area contributed by atoms with Crippen LogP contribution in [0.15, 0.2) is 6.33 Å². The molecule has 1 N–H and O–H groups in total. The number of aryl methyl sites for hydroxylation is 1. The van der Waals surface area contributed by atoms with Gasteiger partial charge in [-0.2, -0.15) is 5.10 Å². The third kappa shape index (κ3) is 3.53. The first kappa shape index (κ1) is 12.6. The molecule has 1 aliphatic rings. The van der Waals surface area contributed by atoms with Gasteiger partial charge in [0.25, 0.3) is 0 Å². The van der Waals surface area contributed by atoms with E-state index in [0.29, 0.717) is 0 Å². The van der Waals surface area contributed by atoms with Crippen molar-refractivity contribution in [3.05, 3.63) is 12.2 Å². The van der Waals surface area contributed by atoms with Gasteiger partial charge in [0.05, 0.1) is 0 Å². The van der Waals surface area contributed by atoms with Crippen molar-refractivity contribution < 1.29 is 0 Å². The SMILES string of the molecule is CCC1CCCCC1NCCc1ncn(C)n1. The molecular weight excluding hydrogens is 212 g/mol. The minimum Gasteiger partial charge on any atom is -0.313 e. The summed E-state index contributed by atoms with van der Waals surface area (Å²) in [6.07, 6.45) is 9.55. The third-order valence-corrected chi connectivity index (χ3v) is 3.84. The molecular formula is C13H24N4. The van der Waals surface area contributed by atoms with Crippen LogP contribution in [0, 0.1) is 5.92 Å². The summed E-state index contributed by atoms with van der Waals surface area (Å²) in [6, 6.07) is 0.720. The van der Waals surface area contributed by atoms with Crippen molar-refractivity contribution in [2.75, 3.05) is 6.54 Å². The van der Waals surface area contributed by atoms with Crippen LogP contribution < -0.4 is 5.32 Å². The van der Waals surface area contributed by atoms with Crippen molar-refractivity contribution in [2.45, 2.75) is 51.5 Å². The van der Waals surface area contributed by atoms with E-state index in [2.05, 4.69) is 22.3 Å². The van der Waals surface area contributed by atoms with Crippen molar-refractivity contribution in [2.24, 2.45) is 13.0 Å². The van der Waals surface area contributed by atoms with Crippen molar-refractivity contribution in [3.8, 4) is 0 Å². The zero-order valence-electron chi connectivity index (χ0n) is 11.0. The molecule has 17 heavy (non-hydrogen) atoms. The lowest BCUT2D eigenvalue weighted by molar-refractivity contribution is 0.256. The predicted octanol–water partition coefficient (Wildman–Crippen LogP) is 1.92. The average Bonchev–Trinajstić information content (AvgIpc) is 2.76. The Morgan fingerprint density at radius 2 is 2.24 bits per heavy atom. The number of aromatic nitrogens is 3. The molecule has 1 fully saturated rings. The van der Waals surface area contributed by atoms with Gasteiger partial charge in [-0.3, -0.25) is 4.68 Å². The molecule has 4 heteroatoms. The molecule has 1 saturated carbocycles. The highest BCUT2D eigenvalue weighted by molar-refractivity contribution is 4.85. The largest absolute Gasteiger partial charge is 0.313 e. The summed E-state index contributed by atoms with van der Waals surface area (Å²) in [5.41, 5.74) is 0. The molecule has 0 amide bonds. The Balaban J connectivity index is 1.73. The second kappa shape index (κ2) is 6.15. The normalized spacial score (nSPS) is 25.1. The molecule has 1 aromatic heterocycles. The monoisotopic (exact) mass is 236 g/mol. The summed E-state index contributed by atoms with van der Waals surface area (Å²) in [5.74, 6) is 1.82. The van der Waals surface area contributed by atoms with Crippen LogP contribution in [0.25, 0.3) is 0 Å². The van der Waals surface area contributed by atoms with Gasteiger partial charge < -0.3 is 5.32 Å². The lowest BCUT2D eigenvalue weighted by atomic mass is 9.83. The van der Waals surface area contributed by atoms with Crippen LogP contribution in [0.1, 0.15) is 44.9 Å². The molecule has 2 atom stereocenters. The molecule has 1 aromatic rings. The van der Waals surface area contributed by atoms with E-state index >= 15 is 0 Å². The van der Waals surface area contributed by atoms with Gasteiger partial charge in [0, 0.05) is 26.1 Å². The quantitative estimate of drug-likeness (QED) is 0.849. The Morgan fingerprint density at radius 1 is 1.41 bits per heavy atom. The first-order valence-corrected chi connectivity index (χ1v) is 6.87. The van der Waals surface area contributed by atoms with Crippen molar-refractivity contribution in [1.29, 1.82) is 0 Å². The topological polar surface area (TPSA) is 42.7 Å². The fourth-order valence-electron chi connectivity index (χ4n) is 2.83. The minimum absolute atomic E-state index is 0.720. The first-order valence-electron chi connectivity index (χ1n) is 6.87. The molecule has 1 aliphatic carbocycles. The number of nitrogens with zero attached hydrogens (tertiary/aromatic N) is 3. The van der Waals surface area contributed by atoms with E-state index in [1.807, 2.05) is 7.05 Å². The summed E-state index contributed by atoms with van der Waals surface area (Å²) >= 11 is 0. The van der Waals surface area contributed by atoms with E-state index in [-0.39, 0.29) is 0 Å². The summed E-state index contributed by atoms with van der Waals surface area (Å²) < 4.78 is 1.77. The Hall–Kier alpha value is -0.900. The van der Waals surface area contributed by atoms with Gasteiger partial charge in [0.15, 0.2) is 5.82 Å². The van der Waals surface area contributed by atoms with Gasteiger partial charge in [0.1, 0.15) is 6.33 Å². The molecule has 0 radical (unpaired) electrons. The lowest BCUT2D eigenvalue weighted by Crippen LogP contribution is -2.39. The van der Waals surface area contributed by atoms with Crippen molar-refractivity contribution in [1.82, 2.24) is 20.1 Å². The number of rotatable bonds is 5. The van der Waals surface area contributed by atoms with Crippen molar-refractivity contribution >= 4 is 0 Å². The maximum Gasteiger partial charge on any atom is 0.151 e. The average molecular weight is 236 g/mol. The van der Waals surface area contributed by atoms with Crippen LogP contribution in [0.5, 0.6) is 0 Å². The summed E-state index contributed by atoms with van der Waals surface area (Å²) in [5, 5.41) is 7.99. The molecule has 4 nitrogen and oxygen atoms in total. The number of hydrogen-bond acceptors (Lipinski definition) is 3. The molecule has 96 valence electrons. The highest BCUT2D eigenvalue weighted by atomic mass is 15.3. The smallest absolute Gasteiger partial charge is 0.151 e. The summed E-state index contributed by atoms with van der Waals surface area (Å²) in [6.45, 7) is 3.32. The highest BCUT2D eigenvalue weighted by Crippen LogP contribution is 2.26. The molecule has 0 bridgehead atoms. The van der Waals surface area contributed by atoms with Crippen LogP contribution in [-0.2, 0) is 13.5 Å². The summed E-state index contributed by atoms with van der Waals surface area (Å²) in [4.78, 5) is 4.25. The van der Waals surface area contributed by atoms with Gasteiger partial charge in [-0.25, -0.2) is 4.98 Å². The predicted molar refractivity (Wildman–Crippen MR) is 68.7 cm³/mol. The van der Waals surface area contributed by atoms with Crippen molar-refractivity contribution in [3.63, 3.8) is 0 Å². The van der Waals surface area contributed by atoms with E-state index in [9.17, 15) is 0 Å². The zero-order chi connectivity index (χ0) is 12.1. The Morgan fingerprint density at radius 3 is 2.94 bits per heavy atom. The van der Waals surface area contributed by atoms with E-state index in [1.165, 1.54) is 32.1 Å². The lowest BCUT2D eigenvalue weighted by Gasteiger charge is -2.31. The highest BCUT2D eigenvalue weighted by Gasteiger charge is 2.22. The second-order valence-electron chi connectivity index (χ2n) is 5.10. The molecule has 1 heterocycles. The maximum atomic E-state index is 4.30. The summed E-state index contributed by atoms with van der Waals surface area (Å²) in [7, 11) is 1.91. The molecule has 0 aliphatic heterocycles. The van der Waals surface area contributed by atoms with Crippen LogP contribution >= 0.6 is 0 Å². The number of nitrogens with one attached hydrogen (secondary N) is 1. The van der Waals surface area contributed by atoms with E-state index in [4.69, 9.17) is 0 Å². The number of hydrogen-bond donors (Lipinski definition) is 1. The van der Waals surface area contributed by atoms with E-state index in [0.717, 1.165) is 30.7 Å². The van der Waals surface area contributed by atoms with Gasteiger partial charge >= 0.3 is 0 Å². The minimum atomic E-state index is 0.720. The Kier molecular flexibility index (Phi) is 4.54. The fraction of sp³-hybridized carbons (Fsp3) is 0.846. The first-order chi connectivity index (χ1) is 8.29. The Bertz CT molecular complexity index is 334. The van der Waals surface area contributed by atoms with Gasteiger partial charge in [-0.15, -0.1) is 0 Å². The third-order valence-electron chi connectivity index (χ3n) is 3.84. The molecule has 2 rings (SSSR count). The van der Waals surface area contributed by atoms with Gasteiger partial charge in [-0.05, 0) is 18.8 Å². The van der Waals surface area contributed by atoms with Crippen LogP contribution in [-0.4, -0.2) is 27.4 Å². The van der Waals surface area contributed by atoms with Crippen LogP contribution in [0.2, 0.25) is 0 Å². The fourth-order valence-corrected chi connectivity index (χ4v) is 2.83.